The quantitative estimate of drug-likeness (QED) is 0.699. The van der Waals surface area contributed by atoms with Gasteiger partial charge in [0.15, 0.2) is 0 Å². The van der Waals surface area contributed by atoms with Gasteiger partial charge in [0.25, 0.3) is 0 Å². The number of aldehydes is 1. The lowest BCUT2D eigenvalue weighted by atomic mass is 9.87. The molecule has 0 aromatic carbocycles. The van der Waals surface area contributed by atoms with Gasteiger partial charge in [-0.2, -0.15) is 0 Å². The molecule has 0 spiro atoms. The van der Waals surface area contributed by atoms with Gasteiger partial charge in [-0.3, -0.25) is 4.90 Å². The van der Waals surface area contributed by atoms with Crippen molar-refractivity contribution in [2.75, 3.05) is 39.3 Å². The second-order valence-electron chi connectivity index (χ2n) is 6.66. The van der Waals surface area contributed by atoms with Gasteiger partial charge in [0.05, 0.1) is 0 Å². The predicted octanol–water partition coefficient (Wildman–Crippen LogP) is 2.02. The van der Waals surface area contributed by atoms with Gasteiger partial charge in [-0.05, 0) is 18.8 Å². The fourth-order valence-electron chi connectivity index (χ4n) is 3.48. The summed E-state index contributed by atoms with van der Waals surface area (Å²) in [5.41, 5.74) is 0.000216. The lowest BCUT2D eigenvalue weighted by Crippen LogP contribution is -2.50. The maximum absolute atomic E-state index is 11.4. The van der Waals surface area contributed by atoms with E-state index >= 15 is 0 Å². The Morgan fingerprint density at radius 3 is 2.11 bits per heavy atom. The Balaban J connectivity index is 1.77. The van der Waals surface area contributed by atoms with E-state index in [2.05, 4.69) is 23.6 Å². The van der Waals surface area contributed by atoms with Gasteiger partial charge in [0.2, 0.25) is 0 Å². The van der Waals surface area contributed by atoms with Crippen molar-refractivity contribution >= 4 is 6.29 Å². The average molecular weight is 252 g/mol. The zero-order chi connectivity index (χ0) is 13.0. The summed E-state index contributed by atoms with van der Waals surface area (Å²) in [6.45, 7) is 11.4. The first-order chi connectivity index (χ1) is 8.63. The molecule has 0 aromatic rings. The molecular weight excluding hydrogens is 224 g/mol. The summed E-state index contributed by atoms with van der Waals surface area (Å²) in [5.74, 6) is 0.757. The minimum absolute atomic E-state index is 0.000216. The predicted molar refractivity (Wildman–Crippen MR) is 74.7 cm³/mol. The van der Waals surface area contributed by atoms with E-state index in [0.29, 0.717) is 0 Å². The van der Waals surface area contributed by atoms with Gasteiger partial charge in [0.1, 0.15) is 6.29 Å². The monoisotopic (exact) mass is 252 g/mol. The first kappa shape index (κ1) is 14.0. The van der Waals surface area contributed by atoms with Crippen LogP contribution in [0.15, 0.2) is 0 Å². The summed E-state index contributed by atoms with van der Waals surface area (Å²) in [5, 5.41) is 0. The van der Waals surface area contributed by atoms with Crippen LogP contribution in [0.2, 0.25) is 0 Å². The van der Waals surface area contributed by atoms with Crippen LogP contribution in [0, 0.1) is 11.3 Å². The number of carbonyl (C=O) groups excluding carboxylic acids is 1. The first-order valence-electron chi connectivity index (χ1n) is 7.55. The van der Waals surface area contributed by atoms with E-state index < -0.39 is 0 Å². The van der Waals surface area contributed by atoms with Crippen LogP contribution in [-0.2, 0) is 4.79 Å². The largest absolute Gasteiger partial charge is 0.303 e. The van der Waals surface area contributed by atoms with Crippen LogP contribution >= 0.6 is 0 Å². The highest BCUT2D eigenvalue weighted by atomic mass is 16.1. The molecule has 0 unspecified atom stereocenters. The van der Waals surface area contributed by atoms with E-state index in [1.807, 2.05) is 0 Å². The molecule has 0 bridgehead atoms. The smallest absolute Gasteiger partial charge is 0.127 e. The molecule has 3 heteroatoms. The summed E-state index contributed by atoms with van der Waals surface area (Å²) in [4.78, 5) is 16.4. The molecule has 3 nitrogen and oxygen atoms in total. The Kier molecular flexibility index (Phi) is 4.79. The number of hydrogen-bond acceptors (Lipinski definition) is 3. The molecule has 0 N–H and O–H groups in total. The minimum Gasteiger partial charge on any atom is -0.303 e. The third-order valence-electron chi connectivity index (χ3n) is 4.48. The van der Waals surface area contributed by atoms with Crippen molar-refractivity contribution in [1.82, 2.24) is 9.80 Å². The third-order valence-corrected chi connectivity index (χ3v) is 4.48. The molecule has 1 saturated heterocycles. The fourth-order valence-corrected chi connectivity index (χ4v) is 3.48. The summed E-state index contributed by atoms with van der Waals surface area (Å²) in [6, 6.07) is 0. The summed E-state index contributed by atoms with van der Waals surface area (Å²) in [6.07, 6.45) is 5.96. The first-order valence-corrected chi connectivity index (χ1v) is 7.55. The molecular formula is C15H28N2O. The molecule has 1 aliphatic carbocycles. The zero-order valence-corrected chi connectivity index (χ0v) is 12.0. The van der Waals surface area contributed by atoms with Crippen LogP contribution in [0.4, 0.5) is 0 Å². The standard InChI is InChI=1S/C15H28N2O/c1-14(2)11-16-7-9-17(10-8-16)12-15(13-18)5-3-4-6-15/h13-14H,3-12H2,1-2H3. The van der Waals surface area contributed by atoms with E-state index in [1.165, 1.54) is 38.8 Å². The molecule has 1 heterocycles. The fraction of sp³-hybridized carbons (Fsp3) is 0.933. The molecule has 104 valence electrons. The highest BCUT2D eigenvalue weighted by Crippen LogP contribution is 2.37. The number of hydrogen-bond donors (Lipinski definition) is 0. The second kappa shape index (κ2) is 6.16. The summed E-state index contributed by atoms with van der Waals surface area (Å²) in [7, 11) is 0. The van der Waals surface area contributed by atoms with Crippen LogP contribution in [-0.4, -0.2) is 55.4 Å². The van der Waals surface area contributed by atoms with Crippen LogP contribution in [0.5, 0.6) is 0 Å². The van der Waals surface area contributed by atoms with Crippen molar-refractivity contribution in [2.24, 2.45) is 11.3 Å². The van der Waals surface area contributed by atoms with Crippen LogP contribution < -0.4 is 0 Å². The van der Waals surface area contributed by atoms with Gasteiger partial charge >= 0.3 is 0 Å². The number of nitrogens with zero attached hydrogens (tertiary/aromatic N) is 2. The molecule has 1 aliphatic heterocycles. The third kappa shape index (κ3) is 3.55. The van der Waals surface area contributed by atoms with Crippen molar-refractivity contribution in [3.05, 3.63) is 0 Å². The number of piperazine rings is 1. The average Bonchev–Trinajstić information content (AvgIpc) is 2.80. The normalized spacial score (nSPS) is 25.7. The van der Waals surface area contributed by atoms with E-state index in [4.69, 9.17) is 0 Å². The zero-order valence-electron chi connectivity index (χ0n) is 12.0. The van der Waals surface area contributed by atoms with Crippen molar-refractivity contribution in [3.63, 3.8) is 0 Å². The van der Waals surface area contributed by atoms with Gasteiger partial charge in [0, 0.05) is 44.7 Å². The van der Waals surface area contributed by atoms with Crippen molar-refractivity contribution < 1.29 is 4.79 Å². The Bertz CT molecular complexity index is 264. The summed E-state index contributed by atoms with van der Waals surface area (Å²) >= 11 is 0. The highest BCUT2D eigenvalue weighted by molar-refractivity contribution is 5.60. The van der Waals surface area contributed by atoms with Gasteiger partial charge in [-0.1, -0.05) is 26.7 Å². The van der Waals surface area contributed by atoms with Crippen molar-refractivity contribution in [1.29, 1.82) is 0 Å². The van der Waals surface area contributed by atoms with Gasteiger partial charge in [-0.15, -0.1) is 0 Å². The molecule has 0 amide bonds. The van der Waals surface area contributed by atoms with Crippen molar-refractivity contribution in [2.45, 2.75) is 39.5 Å². The van der Waals surface area contributed by atoms with Crippen molar-refractivity contribution in [3.8, 4) is 0 Å². The minimum atomic E-state index is 0.000216. The summed E-state index contributed by atoms with van der Waals surface area (Å²) < 4.78 is 0. The van der Waals surface area contributed by atoms with E-state index in [0.717, 1.165) is 38.4 Å². The molecule has 2 fully saturated rings. The van der Waals surface area contributed by atoms with E-state index in [1.54, 1.807) is 0 Å². The van der Waals surface area contributed by atoms with Crippen LogP contribution in [0.3, 0.4) is 0 Å². The lowest BCUT2D eigenvalue weighted by Gasteiger charge is -2.38. The molecule has 0 atom stereocenters. The van der Waals surface area contributed by atoms with E-state index in [9.17, 15) is 4.79 Å². The topological polar surface area (TPSA) is 23.6 Å². The lowest BCUT2D eigenvalue weighted by molar-refractivity contribution is -0.117. The van der Waals surface area contributed by atoms with Gasteiger partial charge in [-0.25, -0.2) is 0 Å². The Morgan fingerprint density at radius 1 is 1.06 bits per heavy atom. The van der Waals surface area contributed by atoms with E-state index in [-0.39, 0.29) is 5.41 Å². The molecule has 1 saturated carbocycles. The molecule has 0 aromatic heterocycles. The second-order valence-corrected chi connectivity index (χ2v) is 6.66. The van der Waals surface area contributed by atoms with Gasteiger partial charge < -0.3 is 9.69 Å². The Labute approximate surface area is 112 Å². The molecule has 0 radical (unpaired) electrons. The van der Waals surface area contributed by atoms with Crippen LogP contribution in [0.25, 0.3) is 0 Å². The maximum atomic E-state index is 11.4. The number of rotatable bonds is 5. The highest BCUT2D eigenvalue weighted by Gasteiger charge is 2.35. The Morgan fingerprint density at radius 2 is 1.61 bits per heavy atom. The Hall–Kier alpha value is -0.410. The van der Waals surface area contributed by atoms with Crippen LogP contribution in [0.1, 0.15) is 39.5 Å². The number of carbonyl (C=O) groups is 1. The maximum Gasteiger partial charge on any atom is 0.127 e. The molecule has 2 aliphatic rings. The molecule has 18 heavy (non-hydrogen) atoms. The molecule has 2 rings (SSSR count). The SMILES string of the molecule is CC(C)CN1CCN(CC2(C=O)CCCC2)CC1.